The number of hydrogen-bond donors (Lipinski definition) is 0. The molecule has 0 N–H and O–H groups in total. The maximum absolute atomic E-state index is 12.2. The van der Waals surface area contributed by atoms with Crippen LogP contribution in [0.1, 0.15) is 36.1 Å². The van der Waals surface area contributed by atoms with E-state index >= 15 is 0 Å². The van der Waals surface area contributed by atoms with Crippen LogP contribution in [-0.4, -0.2) is 17.6 Å². The molecule has 0 bridgehead atoms. The molecular formula is C20H23NO2. The molecule has 0 radical (unpaired) electrons. The quantitative estimate of drug-likeness (QED) is 0.624. The Morgan fingerprint density at radius 3 is 2.87 bits per heavy atom. The summed E-state index contributed by atoms with van der Waals surface area (Å²) in [6, 6.07) is 8.06. The minimum atomic E-state index is -0.150. The lowest BCUT2D eigenvalue weighted by atomic mass is 9.95. The van der Waals surface area contributed by atoms with Gasteiger partial charge in [-0.3, -0.25) is 9.78 Å². The van der Waals surface area contributed by atoms with Crippen LogP contribution < -0.4 is 0 Å². The summed E-state index contributed by atoms with van der Waals surface area (Å²) in [5, 5.41) is 1.11. The number of pyridine rings is 1. The third kappa shape index (κ3) is 3.61. The van der Waals surface area contributed by atoms with Crippen LogP contribution >= 0.6 is 0 Å². The van der Waals surface area contributed by atoms with E-state index in [1.165, 1.54) is 0 Å². The SMILES string of the molecule is Cc1nc2ccccc2c(C)c1CC(=O)OCC1CC=CCC1. The van der Waals surface area contributed by atoms with Crippen molar-refractivity contribution < 1.29 is 9.53 Å². The van der Waals surface area contributed by atoms with Crippen molar-refractivity contribution in [3.8, 4) is 0 Å². The van der Waals surface area contributed by atoms with E-state index < -0.39 is 0 Å². The van der Waals surface area contributed by atoms with Crippen LogP contribution in [-0.2, 0) is 16.0 Å². The molecule has 1 atom stereocenters. The third-order valence-corrected chi connectivity index (χ3v) is 4.66. The molecule has 1 aliphatic carbocycles. The third-order valence-electron chi connectivity index (χ3n) is 4.66. The Hall–Kier alpha value is -2.16. The first kappa shape index (κ1) is 15.7. The highest BCUT2D eigenvalue weighted by atomic mass is 16.5. The maximum Gasteiger partial charge on any atom is 0.310 e. The number of esters is 1. The fraction of sp³-hybridized carbons (Fsp3) is 0.400. The number of benzene rings is 1. The minimum Gasteiger partial charge on any atom is -0.465 e. The Balaban J connectivity index is 1.70. The Morgan fingerprint density at radius 2 is 2.09 bits per heavy atom. The number of aryl methyl sites for hydroxylation is 2. The predicted octanol–water partition coefficient (Wildman–Crippen LogP) is 4.29. The Morgan fingerprint density at radius 1 is 1.26 bits per heavy atom. The molecule has 0 fully saturated rings. The number of ether oxygens (including phenoxy) is 1. The van der Waals surface area contributed by atoms with Crippen LogP contribution in [0, 0.1) is 19.8 Å². The molecule has 1 heterocycles. The summed E-state index contributed by atoms with van der Waals surface area (Å²) >= 11 is 0. The van der Waals surface area contributed by atoms with Crippen molar-refractivity contribution in [1.29, 1.82) is 0 Å². The number of hydrogen-bond acceptors (Lipinski definition) is 3. The second kappa shape index (κ2) is 6.95. The second-order valence-corrected chi connectivity index (χ2v) is 6.33. The van der Waals surface area contributed by atoms with E-state index in [1.54, 1.807) is 0 Å². The van der Waals surface area contributed by atoms with Gasteiger partial charge in [-0.25, -0.2) is 0 Å². The van der Waals surface area contributed by atoms with Crippen LogP contribution in [0.4, 0.5) is 0 Å². The van der Waals surface area contributed by atoms with E-state index in [0.29, 0.717) is 18.9 Å². The van der Waals surface area contributed by atoms with Crippen LogP contribution in [0.15, 0.2) is 36.4 Å². The maximum atomic E-state index is 12.2. The van der Waals surface area contributed by atoms with Crippen LogP contribution in [0.25, 0.3) is 10.9 Å². The van der Waals surface area contributed by atoms with E-state index in [4.69, 9.17) is 4.74 Å². The molecule has 0 saturated heterocycles. The molecule has 3 nitrogen and oxygen atoms in total. The fourth-order valence-corrected chi connectivity index (χ4v) is 3.24. The smallest absolute Gasteiger partial charge is 0.310 e. The van der Waals surface area contributed by atoms with Crippen molar-refractivity contribution in [2.24, 2.45) is 5.92 Å². The first-order valence-electron chi connectivity index (χ1n) is 8.30. The van der Waals surface area contributed by atoms with Gasteiger partial charge in [0.05, 0.1) is 18.5 Å². The Kier molecular flexibility index (Phi) is 4.75. The van der Waals surface area contributed by atoms with Crippen molar-refractivity contribution in [2.45, 2.75) is 39.5 Å². The van der Waals surface area contributed by atoms with Crippen molar-refractivity contribution in [3.63, 3.8) is 0 Å². The lowest BCUT2D eigenvalue weighted by molar-refractivity contribution is -0.144. The number of fused-ring (bicyclic) bond motifs is 1. The predicted molar refractivity (Wildman–Crippen MR) is 92.4 cm³/mol. The van der Waals surface area contributed by atoms with E-state index in [2.05, 4.69) is 30.1 Å². The van der Waals surface area contributed by atoms with Crippen molar-refractivity contribution >= 4 is 16.9 Å². The fourth-order valence-electron chi connectivity index (χ4n) is 3.24. The second-order valence-electron chi connectivity index (χ2n) is 6.33. The van der Waals surface area contributed by atoms with Gasteiger partial charge in [0.2, 0.25) is 0 Å². The van der Waals surface area contributed by atoms with Gasteiger partial charge in [0.1, 0.15) is 0 Å². The number of allylic oxidation sites excluding steroid dienone is 2. The van der Waals surface area contributed by atoms with Gasteiger partial charge in [0.15, 0.2) is 0 Å². The average molecular weight is 309 g/mol. The van der Waals surface area contributed by atoms with E-state index in [1.807, 2.05) is 25.1 Å². The number of aromatic nitrogens is 1. The first-order valence-corrected chi connectivity index (χ1v) is 8.30. The van der Waals surface area contributed by atoms with Gasteiger partial charge in [-0.15, -0.1) is 0 Å². The zero-order valence-corrected chi connectivity index (χ0v) is 13.8. The standard InChI is InChI=1S/C20H23NO2/c1-14-17-10-6-7-11-19(17)21-15(2)18(14)12-20(22)23-13-16-8-4-3-5-9-16/h3-4,6-7,10-11,16H,5,8-9,12-13H2,1-2H3. The van der Waals surface area contributed by atoms with Crippen LogP contribution in [0.3, 0.4) is 0 Å². The molecule has 0 spiro atoms. The van der Waals surface area contributed by atoms with Crippen LogP contribution in [0.5, 0.6) is 0 Å². The van der Waals surface area contributed by atoms with E-state index in [9.17, 15) is 4.79 Å². The Labute approximate surface area is 137 Å². The van der Waals surface area contributed by atoms with Crippen molar-refractivity contribution in [2.75, 3.05) is 6.61 Å². The molecule has 3 heteroatoms. The van der Waals surface area contributed by atoms with Gasteiger partial charge < -0.3 is 4.74 Å². The number of carbonyl (C=O) groups is 1. The summed E-state index contributed by atoms with van der Waals surface area (Å²) in [7, 11) is 0. The summed E-state index contributed by atoms with van der Waals surface area (Å²) in [4.78, 5) is 16.9. The summed E-state index contributed by atoms with van der Waals surface area (Å²) in [5.74, 6) is 0.323. The summed E-state index contributed by atoms with van der Waals surface area (Å²) < 4.78 is 5.51. The molecule has 1 aromatic carbocycles. The van der Waals surface area contributed by atoms with Gasteiger partial charge in [0, 0.05) is 11.1 Å². The van der Waals surface area contributed by atoms with Crippen molar-refractivity contribution in [1.82, 2.24) is 4.98 Å². The van der Waals surface area contributed by atoms with E-state index in [0.717, 1.165) is 47.0 Å². The highest BCUT2D eigenvalue weighted by Crippen LogP contribution is 2.23. The molecule has 23 heavy (non-hydrogen) atoms. The molecule has 1 unspecified atom stereocenters. The van der Waals surface area contributed by atoms with Crippen molar-refractivity contribution in [3.05, 3.63) is 53.2 Å². The molecule has 1 aliphatic rings. The summed E-state index contributed by atoms with van der Waals surface area (Å²) in [5.41, 5.74) is 4.02. The average Bonchev–Trinajstić information content (AvgIpc) is 2.58. The lowest BCUT2D eigenvalue weighted by Crippen LogP contribution is -2.17. The minimum absolute atomic E-state index is 0.150. The zero-order chi connectivity index (χ0) is 16.2. The molecule has 0 aliphatic heterocycles. The summed E-state index contributed by atoms with van der Waals surface area (Å²) in [6.07, 6.45) is 7.91. The monoisotopic (exact) mass is 309 g/mol. The highest BCUT2D eigenvalue weighted by Gasteiger charge is 2.16. The molecule has 1 aromatic heterocycles. The molecule has 0 amide bonds. The number of nitrogens with zero attached hydrogens (tertiary/aromatic N) is 1. The first-order chi connectivity index (χ1) is 11.1. The highest BCUT2D eigenvalue weighted by molar-refractivity contribution is 5.85. The van der Waals surface area contributed by atoms with Gasteiger partial charge in [0.25, 0.3) is 0 Å². The van der Waals surface area contributed by atoms with E-state index in [-0.39, 0.29) is 5.97 Å². The largest absolute Gasteiger partial charge is 0.465 e. The topological polar surface area (TPSA) is 39.2 Å². The molecule has 120 valence electrons. The molecular weight excluding hydrogens is 286 g/mol. The van der Waals surface area contributed by atoms with Gasteiger partial charge >= 0.3 is 5.97 Å². The molecule has 0 saturated carbocycles. The van der Waals surface area contributed by atoms with Gasteiger partial charge in [-0.05, 0) is 56.2 Å². The number of rotatable bonds is 4. The number of para-hydroxylation sites is 1. The van der Waals surface area contributed by atoms with Gasteiger partial charge in [-0.2, -0.15) is 0 Å². The molecule has 3 rings (SSSR count). The van der Waals surface area contributed by atoms with Crippen LogP contribution in [0.2, 0.25) is 0 Å². The lowest BCUT2D eigenvalue weighted by Gasteiger charge is -2.18. The Bertz CT molecular complexity index is 749. The zero-order valence-electron chi connectivity index (χ0n) is 13.8. The summed E-state index contributed by atoms with van der Waals surface area (Å²) in [6.45, 7) is 4.56. The molecule has 2 aromatic rings. The normalized spacial score (nSPS) is 17.4. The number of carbonyl (C=O) groups excluding carboxylic acids is 1. The van der Waals surface area contributed by atoms with Gasteiger partial charge in [-0.1, -0.05) is 30.4 Å².